The first kappa shape index (κ1) is 22.8. The van der Waals surface area contributed by atoms with Crippen molar-refractivity contribution in [1.82, 2.24) is 0 Å². The van der Waals surface area contributed by atoms with Gasteiger partial charge in [-0.1, -0.05) is 0 Å². The quantitative estimate of drug-likeness (QED) is 0.237. The zero-order valence-electron chi connectivity index (χ0n) is 5.45. The van der Waals surface area contributed by atoms with Crippen LogP contribution in [0.5, 0.6) is 0 Å². The van der Waals surface area contributed by atoms with E-state index in [4.69, 9.17) is 17.5 Å². The number of hydrogen-bond acceptors (Lipinski definition) is 4. The number of rotatable bonds is 1. The van der Waals surface area contributed by atoms with Crippen LogP contribution in [0.15, 0.2) is 0 Å². The SMILES string of the molecule is O=S([O-])S(=O)[O-].[Na+].[Na+].[Na+]. The molecule has 0 heterocycles. The molecule has 0 aliphatic rings. The van der Waals surface area contributed by atoms with E-state index in [1.165, 1.54) is 0 Å². The Morgan fingerprint density at radius 1 is 0.778 bits per heavy atom. The van der Waals surface area contributed by atoms with Gasteiger partial charge in [0.05, 0.1) is 0 Å². The molecule has 2 atom stereocenters. The van der Waals surface area contributed by atoms with Crippen molar-refractivity contribution < 1.29 is 106 Å². The molecule has 9 heavy (non-hydrogen) atoms. The zero-order valence-corrected chi connectivity index (χ0v) is 13.1. The second-order valence-electron chi connectivity index (χ2n) is 0.408. The van der Waals surface area contributed by atoms with Gasteiger partial charge in [0.25, 0.3) is 0 Å². The third kappa shape index (κ3) is 18.3. The topological polar surface area (TPSA) is 80.3 Å². The molecule has 0 saturated carbocycles. The van der Waals surface area contributed by atoms with Crippen molar-refractivity contribution >= 4 is 20.2 Å². The molecular formula is Na3O4S2+. The molecule has 0 radical (unpaired) electrons. The fourth-order valence-electron chi connectivity index (χ4n) is 0. The summed E-state index contributed by atoms with van der Waals surface area (Å²) in [6, 6.07) is 0. The monoisotopic (exact) mass is 197 g/mol. The van der Waals surface area contributed by atoms with Crippen LogP contribution in [0.4, 0.5) is 0 Å². The maximum absolute atomic E-state index is 9.09. The van der Waals surface area contributed by atoms with Crippen molar-refractivity contribution in [3.05, 3.63) is 0 Å². The summed E-state index contributed by atoms with van der Waals surface area (Å²) in [5, 5.41) is 0. The molecule has 0 spiro atoms. The molecular weight excluding hydrogens is 197 g/mol. The van der Waals surface area contributed by atoms with Crippen molar-refractivity contribution in [3.8, 4) is 0 Å². The second-order valence-corrected chi connectivity index (χ2v) is 2.86. The van der Waals surface area contributed by atoms with Crippen molar-refractivity contribution in [2.45, 2.75) is 0 Å². The minimum absolute atomic E-state index is 0. The molecule has 0 N–H and O–H groups in total. The van der Waals surface area contributed by atoms with E-state index in [9.17, 15) is 0 Å². The van der Waals surface area contributed by atoms with Crippen LogP contribution in [0.3, 0.4) is 0 Å². The molecule has 38 valence electrons. The predicted molar refractivity (Wildman–Crippen MR) is 17.8 cm³/mol. The predicted octanol–water partition coefficient (Wildman–Crippen LogP) is -10.3. The Hall–Kier alpha value is 3.22. The van der Waals surface area contributed by atoms with Gasteiger partial charge < -0.3 is 9.11 Å². The minimum atomic E-state index is -2.95. The summed E-state index contributed by atoms with van der Waals surface area (Å²) in [4.78, 5) is 0. The Morgan fingerprint density at radius 2 is 0.889 bits per heavy atom. The van der Waals surface area contributed by atoms with E-state index in [0.717, 1.165) is 0 Å². The summed E-state index contributed by atoms with van der Waals surface area (Å²) in [6.45, 7) is 0. The molecule has 4 nitrogen and oxygen atoms in total. The van der Waals surface area contributed by atoms with Gasteiger partial charge in [-0.3, -0.25) is 8.42 Å². The summed E-state index contributed by atoms with van der Waals surface area (Å²) >= 11 is 0. The summed E-state index contributed by atoms with van der Waals surface area (Å²) in [7, 11) is -5.90. The van der Waals surface area contributed by atoms with E-state index < -0.39 is 20.2 Å². The van der Waals surface area contributed by atoms with Crippen LogP contribution in [0.1, 0.15) is 0 Å². The average molecular weight is 197 g/mol. The van der Waals surface area contributed by atoms with Crippen molar-refractivity contribution in [1.29, 1.82) is 0 Å². The van der Waals surface area contributed by atoms with E-state index in [1.54, 1.807) is 0 Å². The molecule has 0 aromatic heterocycles. The molecule has 0 aliphatic heterocycles. The van der Waals surface area contributed by atoms with Crippen LogP contribution in [-0.4, -0.2) is 17.5 Å². The van der Waals surface area contributed by atoms with Crippen LogP contribution in [0.25, 0.3) is 0 Å². The summed E-state index contributed by atoms with van der Waals surface area (Å²) in [6.07, 6.45) is 0. The first-order chi connectivity index (χ1) is 2.64. The maximum atomic E-state index is 9.09. The molecule has 0 aromatic carbocycles. The van der Waals surface area contributed by atoms with Gasteiger partial charge in [-0.05, 0) is 0 Å². The number of hydrogen-bond donors (Lipinski definition) is 0. The molecule has 0 aliphatic carbocycles. The Labute approximate surface area is 124 Å². The van der Waals surface area contributed by atoms with E-state index in [2.05, 4.69) is 0 Å². The third-order valence-corrected chi connectivity index (χ3v) is 1.00. The van der Waals surface area contributed by atoms with E-state index in [1.807, 2.05) is 0 Å². The molecule has 0 rings (SSSR count). The van der Waals surface area contributed by atoms with Gasteiger partial charge in [-0.2, -0.15) is 0 Å². The smallest absolute Gasteiger partial charge is 0.763 e. The fourth-order valence-corrected chi connectivity index (χ4v) is 0. The molecule has 0 saturated heterocycles. The van der Waals surface area contributed by atoms with Gasteiger partial charge in [0.15, 0.2) is 0 Å². The fraction of sp³-hybridized carbons (Fsp3) is 0. The van der Waals surface area contributed by atoms with E-state index >= 15 is 0 Å². The van der Waals surface area contributed by atoms with Crippen LogP contribution in [0.2, 0.25) is 0 Å². The molecule has 0 fully saturated rings. The van der Waals surface area contributed by atoms with Gasteiger partial charge in [-0.15, -0.1) is 0 Å². The van der Waals surface area contributed by atoms with Gasteiger partial charge >= 0.3 is 88.7 Å². The van der Waals surface area contributed by atoms with Gasteiger partial charge in [0.2, 0.25) is 0 Å². The summed E-state index contributed by atoms with van der Waals surface area (Å²) < 4.78 is 36.3. The van der Waals surface area contributed by atoms with Crippen molar-refractivity contribution in [2.24, 2.45) is 0 Å². The van der Waals surface area contributed by atoms with E-state index in [-0.39, 0.29) is 88.7 Å². The first-order valence-electron chi connectivity index (χ1n) is 0.833. The molecule has 0 amide bonds. The average Bonchev–Trinajstić information content (AvgIpc) is 1.36. The minimum Gasteiger partial charge on any atom is -0.763 e. The summed E-state index contributed by atoms with van der Waals surface area (Å²) in [5.41, 5.74) is 0. The Morgan fingerprint density at radius 3 is 0.889 bits per heavy atom. The first-order valence-corrected chi connectivity index (χ1v) is 3.50. The van der Waals surface area contributed by atoms with Crippen molar-refractivity contribution in [2.75, 3.05) is 0 Å². The van der Waals surface area contributed by atoms with Crippen LogP contribution < -0.4 is 88.7 Å². The Balaban J connectivity index is -0.0000000417. The third-order valence-electron chi connectivity index (χ3n) is 0.111. The Kier molecular flexibility index (Phi) is 34.9. The maximum Gasteiger partial charge on any atom is 1.00 e. The van der Waals surface area contributed by atoms with Crippen LogP contribution >= 0.6 is 0 Å². The zero-order chi connectivity index (χ0) is 5.15. The summed E-state index contributed by atoms with van der Waals surface area (Å²) in [5.74, 6) is 0. The second kappa shape index (κ2) is 13.8. The van der Waals surface area contributed by atoms with Gasteiger partial charge in [0.1, 0.15) is 0 Å². The van der Waals surface area contributed by atoms with Crippen molar-refractivity contribution in [3.63, 3.8) is 0 Å². The van der Waals surface area contributed by atoms with Crippen LogP contribution in [-0.2, 0) is 20.2 Å². The standard InChI is InChI=1S/3Na.H2O4S2/c;;;1-5(2)6(3)4/h;;;(H,1,2)(H,3,4)/q3*+1;/p-2. The molecule has 9 heteroatoms. The molecule has 2 unspecified atom stereocenters. The van der Waals surface area contributed by atoms with Gasteiger partial charge in [-0.25, -0.2) is 0 Å². The van der Waals surface area contributed by atoms with Crippen LogP contribution in [0, 0.1) is 0 Å². The van der Waals surface area contributed by atoms with E-state index in [0.29, 0.717) is 0 Å². The molecule has 0 aromatic rings. The largest absolute Gasteiger partial charge is 1.00 e. The van der Waals surface area contributed by atoms with Gasteiger partial charge in [0, 0.05) is 20.2 Å². The Bertz CT molecular complexity index is 79.8. The molecule has 0 bridgehead atoms. The normalized spacial score (nSPS) is 13.1.